The van der Waals surface area contributed by atoms with Crippen LogP contribution in [0, 0.1) is 0 Å². The molecule has 102 valence electrons. The molecule has 2 aromatic rings. The molecule has 1 aliphatic rings. The van der Waals surface area contributed by atoms with Crippen LogP contribution in [0.5, 0.6) is 0 Å². The van der Waals surface area contributed by atoms with E-state index in [0.29, 0.717) is 0 Å². The van der Waals surface area contributed by atoms with Crippen molar-refractivity contribution in [2.45, 2.75) is 19.3 Å². The summed E-state index contributed by atoms with van der Waals surface area (Å²) in [7, 11) is 2.15. The third kappa shape index (κ3) is 3.10. The number of para-hydroxylation sites is 1. The smallest absolute Gasteiger partial charge is 0.263 e. The molecule has 0 saturated carbocycles. The Balaban J connectivity index is 0.00000133. The van der Waals surface area contributed by atoms with Gasteiger partial charge in [-0.25, -0.2) is 0 Å². The van der Waals surface area contributed by atoms with Gasteiger partial charge in [-0.05, 0) is 25.3 Å². The van der Waals surface area contributed by atoms with E-state index in [1.54, 1.807) is 0 Å². The molecular weight excluding hydrogens is 276 g/mol. The summed E-state index contributed by atoms with van der Waals surface area (Å²) in [5, 5.41) is 1.32. The van der Waals surface area contributed by atoms with Gasteiger partial charge in [0.05, 0.1) is 0 Å². The molecule has 1 aromatic carbocycles. The Morgan fingerprint density at radius 3 is 2.63 bits per heavy atom. The number of nitrogens with zero attached hydrogens (tertiary/aromatic N) is 2. The summed E-state index contributed by atoms with van der Waals surface area (Å²) in [6.07, 6.45) is 8.59. The fourth-order valence-corrected chi connectivity index (χ4v) is 3.55. The van der Waals surface area contributed by atoms with Gasteiger partial charge in [-0.3, -0.25) is 0 Å². The van der Waals surface area contributed by atoms with Gasteiger partial charge in [-0.1, -0.05) is 23.5 Å². The van der Waals surface area contributed by atoms with Crippen LogP contribution in [0.25, 0.3) is 16.3 Å². The van der Waals surface area contributed by atoms with Crippen LogP contribution in [-0.4, -0.2) is 18.0 Å². The second-order valence-corrected chi connectivity index (χ2v) is 5.94. The quantitative estimate of drug-likeness (QED) is 0.717. The third-order valence-corrected chi connectivity index (χ3v) is 4.77. The summed E-state index contributed by atoms with van der Waals surface area (Å²) in [4.78, 5) is 2.44. The topological polar surface area (TPSA) is 7.12 Å². The Kier molecular flexibility index (Phi) is 4.83. The van der Waals surface area contributed by atoms with Crippen molar-refractivity contribution in [3.05, 3.63) is 35.5 Å². The molecule has 2 heterocycles. The summed E-state index contributed by atoms with van der Waals surface area (Å²) >= 11 is 1.86. The van der Waals surface area contributed by atoms with E-state index in [0.717, 1.165) is 0 Å². The van der Waals surface area contributed by atoms with E-state index in [1.807, 2.05) is 11.3 Å². The van der Waals surface area contributed by atoms with Crippen LogP contribution < -0.4 is 17.0 Å². The fraction of sp³-hybridized carbons (Fsp3) is 0.400. The summed E-state index contributed by atoms with van der Waals surface area (Å²) in [5.41, 5.74) is 1.32. The Hall–Kier alpha value is -1.06. The predicted octanol–water partition coefficient (Wildman–Crippen LogP) is 0.186. The number of likely N-dealkylation sites (tertiary alicyclic amines) is 1. The molecule has 1 saturated heterocycles. The van der Waals surface area contributed by atoms with Crippen molar-refractivity contribution in [2.75, 3.05) is 13.1 Å². The zero-order chi connectivity index (χ0) is 12.4. The van der Waals surface area contributed by atoms with Gasteiger partial charge in [0.25, 0.3) is 5.01 Å². The highest BCUT2D eigenvalue weighted by molar-refractivity contribution is 7.18. The molecule has 0 amide bonds. The molecule has 1 fully saturated rings. The summed E-state index contributed by atoms with van der Waals surface area (Å²) in [6, 6.07) is 8.59. The Morgan fingerprint density at radius 1 is 1.16 bits per heavy atom. The van der Waals surface area contributed by atoms with Crippen molar-refractivity contribution in [1.29, 1.82) is 0 Å². The molecule has 1 aliphatic heterocycles. The number of fused-ring (bicyclic) bond motifs is 1. The van der Waals surface area contributed by atoms with Crippen LogP contribution in [0.2, 0.25) is 0 Å². The van der Waals surface area contributed by atoms with Crippen LogP contribution in [-0.2, 0) is 7.05 Å². The molecule has 0 radical (unpaired) electrons. The van der Waals surface area contributed by atoms with Gasteiger partial charge < -0.3 is 17.3 Å². The first-order chi connectivity index (χ1) is 8.84. The highest BCUT2D eigenvalue weighted by atomic mass is 35.5. The largest absolute Gasteiger partial charge is 1.00 e. The average Bonchev–Trinajstić information content (AvgIpc) is 2.75. The van der Waals surface area contributed by atoms with E-state index in [1.165, 1.54) is 47.6 Å². The molecular formula is C15H19ClN2S. The highest BCUT2D eigenvalue weighted by Crippen LogP contribution is 2.20. The van der Waals surface area contributed by atoms with E-state index in [4.69, 9.17) is 0 Å². The Bertz CT molecular complexity index is 571. The van der Waals surface area contributed by atoms with Crippen molar-refractivity contribution in [3.8, 4) is 0 Å². The van der Waals surface area contributed by atoms with E-state index in [9.17, 15) is 0 Å². The number of piperidine rings is 1. The molecule has 19 heavy (non-hydrogen) atoms. The number of hydrogen-bond donors (Lipinski definition) is 0. The molecule has 0 aliphatic carbocycles. The number of rotatable bonds is 2. The Labute approximate surface area is 124 Å². The van der Waals surface area contributed by atoms with Crippen LogP contribution in [0.15, 0.2) is 30.5 Å². The van der Waals surface area contributed by atoms with E-state index in [2.05, 4.69) is 53.1 Å². The number of benzene rings is 1. The monoisotopic (exact) mass is 294 g/mol. The summed E-state index contributed by atoms with van der Waals surface area (Å²) < 4.78 is 3.64. The molecule has 0 atom stereocenters. The van der Waals surface area contributed by atoms with Crippen molar-refractivity contribution in [2.24, 2.45) is 7.05 Å². The van der Waals surface area contributed by atoms with Gasteiger partial charge in [0, 0.05) is 31.4 Å². The van der Waals surface area contributed by atoms with Crippen molar-refractivity contribution in [3.63, 3.8) is 0 Å². The maximum Gasteiger partial charge on any atom is 0.263 e. The second-order valence-electron chi connectivity index (χ2n) is 4.88. The molecule has 1 aromatic heterocycles. The number of aromatic nitrogens is 1. The first kappa shape index (κ1) is 14.4. The number of hydrogen-bond acceptors (Lipinski definition) is 2. The minimum absolute atomic E-state index is 0. The zero-order valence-corrected chi connectivity index (χ0v) is 12.8. The van der Waals surface area contributed by atoms with E-state index >= 15 is 0 Å². The molecule has 0 unspecified atom stereocenters. The minimum atomic E-state index is 0. The van der Waals surface area contributed by atoms with Crippen molar-refractivity contribution >= 4 is 27.6 Å². The molecule has 2 nitrogen and oxygen atoms in total. The van der Waals surface area contributed by atoms with E-state index < -0.39 is 0 Å². The summed E-state index contributed by atoms with van der Waals surface area (Å²) in [5.74, 6) is 0. The van der Waals surface area contributed by atoms with Crippen molar-refractivity contribution < 1.29 is 17.0 Å². The van der Waals surface area contributed by atoms with Crippen LogP contribution in [0.3, 0.4) is 0 Å². The van der Waals surface area contributed by atoms with Gasteiger partial charge >= 0.3 is 0 Å². The lowest BCUT2D eigenvalue weighted by Gasteiger charge is -2.24. The molecule has 0 N–H and O–H groups in total. The lowest BCUT2D eigenvalue weighted by molar-refractivity contribution is -0.642. The average molecular weight is 295 g/mol. The highest BCUT2D eigenvalue weighted by Gasteiger charge is 2.14. The van der Waals surface area contributed by atoms with Gasteiger partial charge in [0.2, 0.25) is 5.52 Å². The van der Waals surface area contributed by atoms with Gasteiger partial charge in [0.15, 0.2) is 0 Å². The number of aryl methyl sites for hydroxylation is 1. The molecule has 4 heteroatoms. The van der Waals surface area contributed by atoms with E-state index in [-0.39, 0.29) is 12.4 Å². The third-order valence-electron chi connectivity index (χ3n) is 3.59. The second kappa shape index (κ2) is 6.40. The normalized spacial score (nSPS) is 15.9. The number of halogens is 1. The zero-order valence-electron chi connectivity index (χ0n) is 11.2. The maximum atomic E-state index is 2.44. The Morgan fingerprint density at radius 2 is 1.89 bits per heavy atom. The predicted molar refractivity (Wildman–Crippen MR) is 77.5 cm³/mol. The lowest BCUT2D eigenvalue weighted by atomic mass is 10.1. The first-order valence-corrected chi connectivity index (χ1v) is 7.46. The molecule has 0 spiro atoms. The van der Waals surface area contributed by atoms with Crippen LogP contribution in [0.4, 0.5) is 0 Å². The SMILES string of the molecule is C[n+]1c(C=CN2CCCCC2)sc2ccccc21.[Cl-]. The van der Waals surface area contributed by atoms with Gasteiger partial charge in [0.1, 0.15) is 11.7 Å². The lowest BCUT2D eigenvalue weighted by Crippen LogP contribution is -3.00. The van der Waals surface area contributed by atoms with Gasteiger partial charge in [-0.2, -0.15) is 4.57 Å². The standard InChI is InChI=1S/C15H19N2S.ClH/c1-16-13-7-3-4-8-14(13)18-15(16)9-12-17-10-5-2-6-11-17;/h3-4,7-9,12H,2,5-6,10-11H2,1H3;1H/q+1;/p-1. The molecule has 3 rings (SSSR count). The van der Waals surface area contributed by atoms with Gasteiger partial charge in [-0.15, -0.1) is 0 Å². The fourth-order valence-electron chi connectivity index (χ4n) is 2.50. The van der Waals surface area contributed by atoms with Crippen molar-refractivity contribution in [1.82, 2.24) is 4.90 Å². The molecule has 0 bridgehead atoms. The summed E-state index contributed by atoms with van der Waals surface area (Å²) in [6.45, 7) is 2.43. The van der Waals surface area contributed by atoms with Crippen LogP contribution in [0.1, 0.15) is 24.3 Å². The van der Waals surface area contributed by atoms with Crippen LogP contribution >= 0.6 is 11.3 Å². The minimum Gasteiger partial charge on any atom is -1.00 e. The maximum absolute atomic E-state index is 2.44. The number of thiazole rings is 1. The first-order valence-electron chi connectivity index (χ1n) is 6.64.